The van der Waals surface area contributed by atoms with Crippen LogP contribution in [0.5, 0.6) is 0 Å². The number of hydrogen-bond acceptors (Lipinski definition) is 1. The van der Waals surface area contributed by atoms with E-state index in [1.54, 1.807) is 0 Å². The predicted octanol–water partition coefficient (Wildman–Crippen LogP) is 14.5. The van der Waals surface area contributed by atoms with Crippen molar-refractivity contribution < 1.29 is 0 Å². The zero-order chi connectivity index (χ0) is 36.2. The summed E-state index contributed by atoms with van der Waals surface area (Å²) in [5.41, 5.74) is 16.7. The molecule has 1 heteroatoms. The van der Waals surface area contributed by atoms with Crippen LogP contribution < -0.4 is 4.90 Å². The maximum Gasteiger partial charge on any atom is 0.0464 e. The van der Waals surface area contributed by atoms with Crippen LogP contribution in [0.1, 0.15) is 43.4 Å². The number of nitrogens with zero attached hydrogens (tertiary/aromatic N) is 1. The van der Waals surface area contributed by atoms with Gasteiger partial charge >= 0.3 is 0 Å². The van der Waals surface area contributed by atoms with E-state index in [4.69, 9.17) is 0 Å². The smallest absolute Gasteiger partial charge is 0.0464 e. The Balaban J connectivity index is 1.04. The minimum atomic E-state index is -0.155. The molecule has 0 unspecified atom stereocenters. The lowest BCUT2D eigenvalue weighted by molar-refractivity contribution is 0.660. The average Bonchev–Trinajstić information content (AvgIpc) is 3.46. The van der Waals surface area contributed by atoms with Crippen molar-refractivity contribution in [1.82, 2.24) is 0 Å². The van der Waals surface area contributed by atoms with Gasteiger partial charge in [-0.05, 0) is 126 Å². The van der Waals surface area contributed by atoms with Crippen molar-refractivity contribution >= 4 is 38.5 Å². The van der Waals surface area contributed by atoms with Gasteiger partial charge in [0.2, 0.25) is 0 Å². The van der Waals surface area contributed by atoms with Gasteiger partial charge in [-0.2, -0.15) is 0 Å². The van der Waals surface area contributed by atoms with Crippen molar-refractivity contribution in [2.75, 3.05) is 4.90 Å². The first-order valence-electron chi connectivity index (χ1n) is 19.1. The predicted molar refractivity (Wildman–Crippen MR) is 230 cm³/mol. The molecule has 10 rings (SSSR count). The molecule has 0 amide bonds. The van der Waals surface area contributed by atoms with Gasteiger partial charge < -0.3 is 4.90 Å². The zero-order valence-electron chi connectivity index (χ0n) is 30.8. The summed E-state index contributed by atoms with van der Waals surface area (Å²) in [6.07, 6.45) is 6.66. The average molecular weight is 692 g/mol. The van der Waals surface area contributed by atoms with Crippen LogP contribution in [0.25, 0.3) is 60.5 Å². The first-order valence-corrected chi connectivity index (χ1v) is 19.1. The van der Waals surface area contributed by atoms with Crippen molar-refractivity contribution in [2.45, 2.75) is 32.1 Å². The maximum atomic E-state index is 2.50. The summed E-state index contributed by atoms with van der Waals surface area (Å²) in [5.74, 6) is 0. The van der Waals surface area contributed by atoms with Crippen LogP contribution in [-0.4, -0.2) is 0 Å². The molecule has 1 nitrogen and oxygen atoms in total. The number of rotatable bonds is 6. The Labute approximate surface area is 318 Å². The molecule has 2 aliphatic rings. The lowest BCUT2D eigenvalue weighted by atomic mass is 9.81. The molecule has 0 saturated heterocycles. The van der Waals surface area contributed by atoms with Crippen LogP contribution in [0.2, 0.25) is 0 Å². The van der Waals surface area contributed by atoms with E-state index < -0.39 is 0 Å². The fourth-order valence-corrected chi connectivity index (χ4v) is 8.87. The van der Waals surface area contributed by atoms with E-state index in [9.17, 15) is 0 Å². The summed E-state index contributed by atoms with van der Waals surface area (Å²) >= 11 is 0. The molecular weight excluding hydrogens is 651 g/mol. The van der Waals surface area contributed by atoms with E-state index in [2.05, 4.69) is 207 Å². The highest BCUT2D eigenvalue weighted by molar-refractivity contribution is 5.95. The highest BCUT2D eigenvalue weighted by atomic mass is 15.1. The number of benzene rings is 8. The van der Waals surface area contributed by atoms with Crippen molar-refractivity contribution in [3.63, 3.8) is 0 Å². The highest BCUT2D eigenvalue weighted by Crippen LogP contribution is 2.51. The molecule has 0 saturated carbocycles. The molecule has 8 aromatic carbocycles. The van der Waals surface area contributed by atoms with Gasteiger partial charge in [-0.25, -0.2) is 0 Å². The fourth-order valence-electron chi connectivity index (χ4n) is 8.87. The minimum Gasteiger partial charge on any atom is -0.314 e. The van der Waals surface area contributed by atoms with E-state index in [-0.39, 0.29) is 5.41 Å². The monoisotopic (exact) mass is 691 g/mol. The third-order valence-corrected chi connectivity index (χ3v) is 11.8. The molecule has 2 aliphatic carbocycles. The van der Waals surface area contributed by atoms with Gasteiger partial charge in [0.15, 0.2) is 0 Å². The van der Waals surface area contributed by atoms with Gasteiger partial charge in [0.25, 0.3) is 0 Å². The quantitative estimate of drug-likeness (QED) is 0.168. The summed E-state index contributed by atoms with van der Waals surface area (Å²) in [7, 11) is 0. The molecule has 54 heavy (non-hydrogen) atoms. The van der Waals surface area contributed by atoms with Gasteiger partial charge in [-0.15, -0.1) is 0 Å². The Bertz CT molecular complexity index is 2780. The number of anilines is 2. The SMILES string of the molecule is CC1(C)c2cc(-c3ccc(-c4ccccc4)cc3)ccc2-c2ccc(N(C3=CC=C(c4cccc5ccccc45)CC3)c3ccc4ccccc4c3)cc21. The van der Waals surface area contributed by atoms with E-state index in [1.807, 2.05) is 0 Å². The Kier molecular flexibility index (Phi) is 7.70. The second-order valence-corrected chi connectivity index (χ2v) is 15.3. The summed E-state index contributed by atoms with van der Waals surface area (Å²) in [6, 6.07) is 64.8. The van der Waals surface area contributed by atoms with Crippen LogP contribution in [0, 0.1) is 0 Å². The summed E-state index contributed by atoms with van der Waals surface area (Å²) in [4.78, 5) is 2.50. The molecule has 0 radical (unpaired) electrons. The van der Waals surface area contributed by atoms with E-state index in [0.29, 0.717) is 0 Å². The van der Waals surface area contributed by atoms with Crippen LogP contribution in [-0.2, 0) is 5.41 Å². The molecule has 8 aromatic rings. The van der Waals surface area contributed by atoms with Crippen LogP contribution in [0.3, 0.4) is 0 Å². The molecule has 0 heterocycles. The van der Waals surface area contributed by atoms with E-state index in [0.717, 1.165) is 12.8 Å². The van der Waals surface area contributed by atoms with Crippen molar-refractivity contribution in [2.24, 2.45) is 0 Å². The van der Waals surface area contributed by atoms with Gasteiger partial charge in [0.1, 0.15) is 0 Å². The van der Waals surface area contributed by atoms with Gasteiger partial charge in [-0.1, -0.05) is 166 Å². The van der Waals surface area contributed by atoms with Crippen LogP contribution >= 0.6 is 0 Å². The largest absolute Gasteiger partial charge is 0.314 e. The standard InChI is InChI=1S/C53H41N/c1-53(2)51-34-43(39-21-19-38(20-22-39)36-11-4-3-5-12-36)26-31-49(51)50-32-30-46(35-52(50)53)54(45-29-23-37-13-6-7-15-42(37)33-45)44-27-24-41(25-28-44)48-18-10-16-40-14-8-9-17-47(40)48/h3-24,26-27,29-35H,25,28H2,1-2H3. The molecular formula is C53H41N. The first kappa shape index (κ1) is 32.2. The number of fused-ring (bicyclic) bond motifs is 5. The summed E-state index contributed by atoms with van der Waals surface area (Å²) < 4.78 is 0. The normalized spacial score (nSPS) is 14.3. The topological polar surface area (TPSA) is 3.24 Å². The Hall–Kier alpha value is -6.44. The molecule has 0 atom stereocenters. The van der Waals surface area contributed by atoms with Crippen molar-refractivity contribution in [3.8, 4) is 33.4 Å². The second kappa shape index (κ2) is 12.9. The van der Waals surface area contributed by atoms with Gasteiger partial charge in [0, 0.05) is 22.5 Å². The molecule has 0 spiro atoms. The van der Waals surface area contributed by atoms with E-state index in [1.165, 1.54) is 94.3 Å². The summed E-state index contributed by atoms with van der Waals surface area (Å²) in [5, 5.41) is 5.12. The van der Waals surface area contributed by atoms with E-state index >= 15 is 0 Å². The van der Waals surface area contributed by atoms with Gasteiger partial charge in [-0.3, -0.25) is 0 Å². The second-order valence-electron chi connectivity index (χ2n) is 15.3. The molecule has 0 aromatic heterocycles. The third-order valence-electron chi connectivity index (χ3n) is 11.8. The lowest BCUT2D eigenvalue weighted by Crippen LogP contribution is -2.20. The first-order chi connectivity index (χ1) is 26.5. The lowest BCUT2D eigenvalue weighted by Gasteiger charge is -2.31. The Morgan fingerprint density at radius 1 is 0.407 bits per heavy atom. The molecule has 0 bridgehead atoms. The number of allylic oxidation sites excluding steroid dienone is 4. The fraction of sp³-hybridized carbons (Fsp3) is 0.0943. The minimum absolute atomic E-state index is 0.155. The highest BCUT2D eigenvalue weighted by Gasteiger charge is 2.36. The molecule has 258 valence electrons. The van der Waals surface area contributed by atoms with Crippen molar-refractivity contribution in [1.29, 1.82) is 0 Å². The molecule has 0 aliphatic heterocycles. The van der Waals surface area contributed by atoms with Crippen molar-refractivity contribution in [3.05, 3.63) is 210 Å². The number of hydrogen-bond donors (Lipinski definition) is 0. The maximum absolute atomic E-state index is 2.50. The van der Waals surface area contributed by atoms with Crippen LogP contribution in [0.15, 0.2) is 194 Å². The molecule has 0 N–H and O–H groups in total. The Morgan fingerprint density at radius 3 is 1.78 bits per heavy atom. The molecule has 0 fully saturated rings. The Morgan fingerprint density at radius 2 is 1.00 bits per heavy atom. The zero-order valence-corrected chi connectivity index (χ0v) is 30.8. The summed E-state index contributed by atoms with van der Waals surface area (Å²) in [6.45, 7) is 4.78. The third kappa shape index (κ3) is 5.47. The van der Waals surface area contributed by atoms with Crippen LogP contribution in [0.4, 0.5) is 11.4 Å². The van der Waals surface area contributed by atoms with Gasteiger partial charge in [0.05, 0.1) is 0 Å².